The highest BCUT2D eigenvalue weighted by Gasteiger charge is 2.16. The molecule has 0 aliphatic heterocycles. The van der Waals surface area contributed by atoms with Crippen molar-refractivity contribution in [1.29, 1.82) is 0 Å². The van der Waals surface area contributed by atoms with E-state index < -0.39 is 0 Å². The summed E-state index contributed by atoms with van der Waals surface area (Å²) in [7, 11) is 0. The molecule has 0 aliphatic rings. The third-order valence-corrected chi connectivity index (χ3v) is 4.14. The molecule has 0 bridgehead atoms. The molecule has 0 saturated carbocycles. The smallest absolute Gasteiger partial charge is 0.175 e. The Balaban J connectivity index is 2.09. The highest BCUT2D eigenvalue weighted by Crippen LogP contribution is 2.27. The number of halogens is 1. The molecule has 3 heteroatoms. The van der Waals surface area contributed by atoms with Gasteiger partial charge in [-0.1, -0.05) is 47.5 Å². The van der Waals surface area contributed by atoms with E-state index in [1.807, 2.05) is 62.4 Å². The molecule has 0 fully saturated rings. The Kier molecular flexibility index (Phi) is 4.67. The fraction of sp³-hybridized carbons (Fsp3) is 0.188. The summed E-state index contributed by atoms with van der Waals surface area (Å²) in [5, 5.41) is 0.571. The molecule has 1 unspecified atom stereocenters. The van der Waals surface area contributed by atoms with Crippen LogP contribution in [0.1, 0.15) is 22.8 Å². The van der Waals surface area contributed by atoms with Gasteiger partial charge in [0.15, 0.2) is 5.78 Å². The first-order chi connectivity index (χ1) is 9.06. The Hall–Kier alpha value is -1.25. The van der Waals surface area contributed by atoms with Crippen LogP contribution >= 0.6 is 23.4 Å². The zero-order chi connectivity index (χ0) is 13.8. The maximum absolute atomic E-state index is 12.3. The average Bonchev–Trinajstić information content (AvgIpc) is 2.39. The second-order valence-corrected chi connectivity index (χ2v) is 6.30. The van der Waals surface area contributed by atoms with Gasteiger partial charge in [-0.15, -0.1) is 11.8 Å². The molecule has 2 aromatic rings. The van der Waals surface area contributed by atoms with Crippen molar-refractivity contribution < 1.29 is 4.79 Å². The quantitative estimate of drug-likeness (QED) is 0.581. The first kappa shape index (κ1) is 14.2. The largest absolute Gasteiger partial charge is 0.293 e. The normalized spacial score (nSPS) is 12.2. The number of thioether (sulfide) groups is 1. The summed E-state index contributed by atoms with van der Waals surface area (Å²) >= 11 is 7.47. The van der Waals surface area contributed by atoms with Crippen LogP contribution in [0.15, 0.2) is 53.4 Å². The molecule has 1 nitrogen and oxygen atoms in total. The standard InChI is InChI=1S/C16H15ClOS/c1-11-6-8-13(9-7-11)16(18)12(2)19-15-5-3-4-14(17)10-15/h3-10,12H,1-2H3. The van der Waals surface area contributed by atoms with Crippen LogP contribution in [-0.4, -0.2) is 11.0 Å². The Morgan fingerprint density at radius 2 is 1.84 bits per heavy atom. The van der Waals surface area contributed by atoms with Crippen molar-refractivity contribution in [2.75, 3.05) is 0 Å². The molecule has 98 valence electrons. The monoisotopic (exact) mass is 290 g/mol. The van der Waals surface area contributed by atoms with Crippen molar-refractivity contribution in [3.05, 3.63) is 64.7 Å². The molecule has 19 heavy (non-hydrogen) atoms. The van der Waals surface area contributed by atoms with E-state index in [0.29, 0.717) is 5.02 Å². The first-order valence-electron chi connectivity index (χ1n) is 6.09. The summed E-state index contributed by atoms with van der Waals surface area (Å²) in [4.78, 5) is 13.3. The molecule has 0 spiro atoms. The molecule has 1 atom stereocenters. The van der Waals surface area contributed by atoms with Gasteiger partial charge in [-0.25, -0.2) is 0 Å². The van der Waals surface area contributed by atoms with Gasteiger partial charge in [-0.3, -0.25) is 4.79 Å². The van der Waals surface area contributed by atoms with Crippen molar-refractivity contribution in [1.82, 2.24) is 0 Å². The third-order valence-electron chi connectivity index (χ3n) is 2.81. The predicted molar refractivity (Wildman–Crippen MR) is 82.3 cm³/mol. The lowest BCUT2D eigenvalue weighted by atomic mass is 10.1. The number of hydrogen-bond donors (Lipinski definition) is 0. The van der Waals surface area contributed by atoms with Gasteiger partial charge >= 0.3 is 0 Å². The lowest BCUT2D eigenvalue weighted by Crippen LogP contribution is -2.13. The van der Waals surface area contributed by atoms with Gasteiger partial charge in [0.05, 0.1) is 5.25 Å². The maximum atomic E-state index is 12.3. The van der Waals surface area contributed by atoms with E-state index in [0.717, 1.165) is 16.0 Å². The minimum atomic E-state index is -0.124. The number of ketones is 1. The lowest BCUT2D eigenvalue weighted by Gasteiger charge is -2.10. The van der Waals surface area contributed by atoms with E-state index in [-0.39, 0.29) is 11.0 Å². The van der Waals surface area contributed by atoms with Crippen molar-refractivity contribution in [3.8, 4) is 0 Å². The van der Waals surface area contributed by atoms with Gasteiger partial charge in [-0.2, -0.15) is 0 Å². The minimum Gasteiger partial charge on any atom is -0.293 e. The molecular formula is C16H15ClOS. The van der Waals surface area contributed by atoms with E-state index >= 15 is 0 Å². The number of carbonyl (C=O) groups is 1. The average molecular weight is 291 g/mol. The summed E-state index contributed by atoms with van der Waals surface area (Å²) in [6.45, 7) is 3.94. The van der Waals surface area contributed by atoms with Crippen LogP contribution < -0.4 is 0 Å². The lowest BCUT2D eigenvalue weighted by molar-refractivity contribution is 0.0994. The Bertz CT molecular complexity index is 578. The highest BCUT2D eigenvalue weighted by atomic mass is 35.5. The molecule has 0 amide bonds. The Labute approximate surface area is 123 Å². The third kappa shape index (κ3) is 3.85. The summed E-state index contributed by atoms with van der Waals surface area (Å²) < 4.78 is 0. The van der Waals surface area contributed by atoms with E-state index in [4.69, 9.17) is 11.6 Å². The topological polar surface area (TPSA) is 17.1 Å². The van der Waals surface area contributed by atoms with Crippen molar-refractivity contribution >= 4 is 29.1 Å². The van der Waals surface area contributed by atoms with Crippen LogP contribution in [0.4, 0.5) is 0 Å². The van der Waals surface area contributed by atoms with Gasteiger partial charge in [0, 0.05) is 15.5 Å². The molecule has 0 saturated heterocycles. The van der Waals surface area contributed by atoms with Crippen molar-refractivity contribution in [2.24, 2.45) is 0 Å². The number of Topliss-reactive ketones (excluding diaryl/α,β-unsaturated/α-hetero) is 1. The van der Waals surface area contributed by atoms with Crippen LogP contribution in [0.3, 0.4) is 0 Å². The predicted octanol–water partition coefficient (Wildman–Crippen LogP) is 5.01. The van der Waals surface area contributed by atoms with E-state index in [2.05, 4.69) is 0 Å². The summed E-state index contributed by atoms with van der Waals surface area (Å²) in [6.07, 6.45) is 0. The minimum absolute atomic E-state index is 0.124. The molecule has 0 aromatic heterocycles. The van der Waals surface area contributed by atoms with Crippen LogP contribution in [0, 0.1) is 6.92 Å². The van der Waals surface area contributed by atoms with E-state index in [1.165, 1.54) is 11.8 Å². The zero-order valence-electron chi connectivity index (χ0n) is 10.9. The second kappa shape index (κ2) is 6.27. The number of hydrogen-bond acceptors (Lipinski definition) is 2. The van der Waals surface area contributed by atoms with E-state index in [9.17, 15) is 4.79 Å². The first-order valence-corrected chi connectivity index (χ1v) is 7.35. The molecular weight excluding hydrogens is 276 g/mol. The summed E-state index contributed by atoms with van der Waals surface area (Å²) in [5.41, 5.74) is 1.92. The summed E-state index contributed by atoms with van der Waals surface area (Å²) in [5.74, 6) is 0.143. The highest BCUT2D eigenvalue weighted by molar-refractivity contribution is 8.00. The Morgan fingerprint density at radius 1 is 1.16 bits per heavy atom. The van der Waals surface area contributed by atoms with Crippen LogP contribution in [0.2, 0.25) is 5.02 Å². The molecule has 0 aliphatic carbocycles. The molecule has 2 aromatic carbocycles. The van der Waals surface area contributed by atoms with Crippen LogP contribution in [0.5, 0.6) is 0 Å². The molecule has 0 radical (unpaired) electrons. The Morgan fingerprint density at radius 3 is 2.47 bits per heavy atom. The maximum Gasteiger partial charge on any atom is 0.175 e. The molecule has 0 heterocycles. The second-order valence-electron chi connectivity index (χ2n) is 4.45. The molecule has 0 N–H and O–H groups in total. The van der Waals surface area contributed by atoms with Crippen molar-refractivity contribution in [2.45, 2.75) is 24.0 Å². The molecule has 2 rings (SSSR count). The fourth-order valence-corrected chi connectivity index (χ4v) is 3.01. The number of aryl methyl sites for hydroxylation is 1. The number of rotatable bonds is 4. The van der Waals surface area contributed by atoms with Gasteiger partial charge in [-0.05, 0) is 32.0 Å². The number of benzene rings is 2. The van der Waals surface area contributed by atoms with Gasteiger partial charge < -0.3 is 0 Å². The number of carbonyl (C=O) groups excluding carboxylic acids is 1. The van der Waals surface area contributed by atoms with Gasteiger partial charge in [0.25, 0.3) is 0 Å². The van der Waals surface area contributed by atoms with Crippen LogP contribution in [-0.2, 0) is 0 Å². The summed E-state index contributed by atoms with van der Waals surface area (Å²) in [6, 6.07) is 15.3. The van der Waals surface area contributed by atoms with Crippen molar-refractivity contribution in [3.63, 3.8) is 0 Å². The SMILES string of the molecule is Cc1ccc(C(=O)C(C)Sc2cccc(Cl)c2)cc1. The van der Waals surface area contributed by atoms with E-state index in [1.54, 1.807) is 0 Å². The van der Waals surface area contributed by atoms with Gasteiger partial charge in [0.1, 0.15) is 0 Å². The zero-order valence-corrected chi connectivity index (χ0v) is 12.5. The fourth-order valence-electron chi connectivity index (χ4n) is 1.75. The van der Waals surface area contributed by atoms with Crippen LogP contribution in [0.25, 0.3) is 0 Å². The van der Waals surface area contributed by atoms with Gasteiger partial charge in [0.2, 0.25) is 0 Å².